The molecule has 0 radical (unpaired) electrons. The highest BCUT2D eigenvalue weighted by molar-refractivity contribution is 7.17. The van der Waals surface area contributed by atoms with Gasteiger partial charge in [0, 0.05) is 23.5 Å². The molecule has 6 nitrogen and oxygen atoms in total. The largest absolute Gasteiger partial charge is 0.486 e. The molecule has 31 heavy (non-hydrogen) atoms. The Hall–Kier alpha value is -3.39. The summed E-state index contributed by atoms with van der Waals surface area (Å²) in [5.41, 5.74) is 1.68. The quantitative estimate of drug-likeness (QED) is 0.572. The second-order valence-corrected chi connectivity index (χ2v) is 8.08. The molecule has 1 aliphatic rings. The van der Waals surface area contributed by atoms with E-state index in [1.54, 1.807) is 25.1 Å². The van der Waals surface area contributed by atoms with Crippen LogP contribution < -0.4 is 20.1 Å². The molecule has 3 aromatic rings. The first kappa shape index (κ1) is 20.9. The van der Waals surface area contributed by atoms with Gasteiger partial charge in [0.2, 0.25) is 0 Å². The standard InChI is InChI=1S/C23H21FN2O4S/c1-14-2-3-16(12-17(14)24)22(27)25-8-9-26-23(28)21-7-6-20(31-21)15-4-5-18-19(13-15)30-11-10-29-18/h2-7,12-13H,8-11H2,1H3,(H,25,27)(H,26,28). The second-order valence-electron chi connectivity index (χ2n) is 7.00. The zero-order valence-corrected chi connectivity index (χ0v) is 17.7. The molecule has 4 rings (SSSR count). The lowest BCUT2D eigenvalue weighted by atomic mass is 10.1. The number of aryl methyl sites for hydroxylation is 1. The van der Waals surface area contributed by atoms with Crippen LogP contribution in [0.15, 0.2) is 48.5 Å². The third-order valence-electron chi connectivity index (χ3n) is 4.79. The SMILES string of the molecule is Cc1ccc(C(=O)NCCNC(=O)c2ccc(-c3ccc4c(c3)OCCO4)s2)cc1F. The van der Waals surface area contributed by atoms with Crippen LogP contribution in [-0.4, -0.2) is 38.1 Å². The fraction of sp³-hybridized carbons (Fsp3) is 0.217. The summed E-state index contributed by atoms with van der Waals surface area (Å²) in [6, 6.07) is 13.7. The number of amides is 2. The van der Waals surface area contributed by atoms with E-state index in [9.17, 15) is 14.0 Å². The van der Waals surface area contributed by atoms with E-state index in [2.05, 4.69) is 10.6 Å². The van der Waals surface area contributed by atoms with E-state index in [1.807, 2.05) is 24.3 Å². The number of thiophene rings is 1. The van der Waals surface area contributed by atoms with Gasteiger partial charge in [0.15, 0.2) is 11.5 Å². The number of benzene rings is 2. The predicted molar refractivity (Wildman–Crippen MR) is 117 cm³/mol. The molecule has 0 unspecified atom stereocenters. The minimum atomic E-state index is -0.424. The number of fused-ring (bicyclic) bond motifs is 1. The lowest BCUT2D eigenvalue weighted by molar-refractivity contribution is 0.0929. The van der Waals surface area contributed by atoms with Crippen molar-refractivity contribution in [3.05, 3.63) is 70.4 Å². The number of carbonyl (C=O) groups is 2. The zero-order chi connectivity index (χ0) is 21.8. The number of ether oxygens (including phenoxy) is 2. The second kappa shape index (κ2) is 9.18. The van der Waals surface area contributed by atoms with Crippen LogP contribution in [0.1, 0.15) is 25.6 Å². The molecule has 2 aromatic carbocycles. The van der Waals surface area contributed by atoms with E-state index in [0.29, 0.717) is 29.4 Å². The summed E-state index contributed by atoms with van der Waals surface area (Å²) in [6.45, 7) is 3.19. The molecule has 160 valence electrons. The third kappa shape index (κ3) is 4.86. The number of hydrogen-bond donors (Lipinski definition) is 2. The first-order valence-electron chi connectivity index (χ1n) is 9.83. The summed E-state index contributed by atoms with van der Waals surface area (Å²) in [5.74, 6) is 0.398. The first-order valence-corrected chi connectivity index (χ1v) is 10.7. The van der Waals surface area contributed by atoms with Crippen molar-refractivity contribution in [1.29, 1.82) is 0 Å². The van der Waals surface area contributed by atoms with Crippen molar-refractivity contribution in [2.24, 2.45) is 0 Å². The summed E-state index contributed by atoms with van der Waals surface area (Å²) >= 11 is 1.37. The van der Waals surface area contributed by atoms with E-state index in [-0.39, 0.29) is 30.5 Å². The number of carbonyl (C=O) groups excluding carboxylic acids is 2. The van der Waals surface area contributed by atoms with Gasteiger partial charge in [0.05, 0.1) is 4.88 Å². The van der Waals surface area contributed by atoms with Crippen molar-refractivity contribution < 1.29 is 23.5 Å². The van der Waals surface area contributed by atoms with Gasteiger partial charge in [-0.2, -0.15) is 0 Å². The van der Waals surface area contributed by atoms with E-state index >= 15 is 0 Å². The molecule has 0 aliphatic carbocycles. The van der Waals surface area contributed by atoms with Gasteiger partial charge >= 0.3 is 0 Å². The van der Waals surface area contributed by atoms with Gasteiger partial charge in [-0.25, -0.2) is 4.39 Å². The highest BCUT2D eigenvalue weighted by Crippen LogP contribution is 2.36. The molecule has 2 amide bonds. The van der Waals surface area contributed by atoms with E-state index in [0.717, 1.165) is 16.2 Å². The highest BCUT2D eigenvalue weighted by Gasteiger charge is 2.15. The van der Waals surface area contributed by atoms with Gasteiger partial charge in [-0.1, -0.05) is 6.07 Å². The average molecular weight is 440 g/mol. The van der Waals surface area contributed by atoms with Crippen molar-refractivity contribution in [3.63, 3.8) is 0 Å². The third-order valence-corrected chi connectivity index (χ3v) is 5.92. The Labute approximate surface area is 183 Å². The van der Waals surface area contributed by atoms with Crippen molar-refractivity contribution >= 4 is 23.2 Å². The molecule has 0 fully saturated rings. The minimum absolute atomic E-state index is 0.218. The maximum absolute atomic E-state index is 13.6. The molecule has 1 aliphatic heterocycles. The topological polar surface area (TPSA) is 76.7 Å². The molecule has 0 atom stereocenters. The van der Waals surface area contributed by atoms with E-state index < -0.39 is 5.82 Å². The Morgan fingerprint density at radius 3 is 2.45 bits per heavy atom. The Morgan fingerprint density at radius 2 is 1.68 bits per heavy atom. The molecule has 0 bridgehead atoms. The van der Waals surface area contributed by atoms with Gasteiger partial charge in [-0.15, -0.1) is 11.3 Å². The lowest BCUT2D eigenvalue weighted by Crippen LogP contribution is -2.34. The zero-order valence-electron chi connectivity index (χ0n) is 16.9. The van der Waals surface area contributed by atoms with Gasteiger partial charge in [0.1, 0.15) is 19.0 Å². The van der Waals surface area contributed by atoms with Crippen molar-refractivity contribution in [2.45, 2.75) is 6.92 Å². The van der Waals surface area contributed by atoms with Crippen LogP contribution in [0.3, 0.4) is 0 Å². The van der Waals surface area contributed by atoms with Crippen LogP contribution in [0.5, 0.6) is 11.5 Å². The van der Waals surface area contributed by atoms with Crippen LogP contribution in [0.25, 0.3) is 10.4 Å². The summed E-state index contributed by atoms with van der Waals surface area (Å²) in [5, 5.41) is 5.45. The molecule has 1 aromatic heterocycles. The maximum atomic E-state index is 13.6. The van der Waals surface area contributed by atoms with Crippen molar-refractivity contribution in [2.75, 3.05) is 26.3 Å². The van der Waals surface area contributed by atoms with Crippen LogP contribution >= 0.6 is 11.3 Å². The Balaban J connectivity index is 1.29. The van der Waals surface area contributed by atoms with Gasteiger partial charge < -0.3 is 20.1 Å². The molecule has 2 N–H and O–H groups in total. The van der Waals surface area contributed by atoms with Gasteiger partial charge in [-0.3, -0.25) is 9.59 Å². The number of hydrogen-bond acceptors (Lipinski definition) is 5. The normalized spacial score (nSPS) is 12.3. The number of rotatable bonds is 6. The first-order chi connectivity index (χ1) is 15.0. The van der Waals surface area contributed by atoms with E-state index in [4.69, 9.17) is 9.47 Å². The number of nitrogens with one attached hydrogen (secondary N) is 2. The molecule has 8 heteroatoms. The maximum Gasteiger partial charge on any atom is 0.261 e. The van der Waals surface area contributed by atoms with Crippen LogP contribution in [0.2, 0.25) is 0 Å². The Morgan fingerprint density at radius 1 is 0.935 bits per heavy atom. The van der Waals surface area contributed by atoms with Crippen LogP contribution in [0, 0.1) is 12.7 Å². The summed E-state index contributed by atoms with van der Waals surface area (Å²) in [4.78, 5) is 26.0. The fourth-order valence-corrected chi connectivity index (χ4v) is 4.01. The van der Waals surface area contributed by atoms with Gasteiger partial charge in [-0.05, 0) is 60.5 Å². The Bertz CT molecular complexity index is 1130. The van der Waals surface area contributed by atoms with Crippen molar-refractivity contribution in [1.82, 2.24) is 10.6 Å². The average Bonchev–Trinajstić information content (AvgIpc) is 3.28. The smallest absolute Gasteiger partial charge is 0.261 e. The van der Waals surface area contributed by atoms with Crippen molar-refractivity contribution in [3.8, 4) is 21.9 Å². The fourth-order valence-electron chi connectivity index (χ4n) is 3.09. The lowest BCUT2D eigenvalue weighted by Gasteiger charge is -2.18. The van der Waals surface area contributed by atoms with Crippen LogP contribution in [0.4, 0.5) is 4.39 Å². The number of halogens is 1. The predicted octanol–water partition coefficient (Wildman–Crippen LogP) is 3.79. The molecule has 2 heterocycles. The molecular weight excluding hydrogens is 419 g/mol. The molecule has 0 saturated carbocycles. The summed E-state index contributed by atoms with van der Waals surface area (Å²) < 4.78 is 24.7. The monoisotopic (exact) mass is 440 g/mol. The summed E-state index contributed by atoms with van der Waals surface area (Å²) in [6.07, 6.45) is 0. The molecule has 0 saturated heterocycles. The minimum Gasteiger partial charge on any atom is -0.486 e. The summed E-state index contributed by atoms with van der Waals surface area (Å²) in [7, 11) is 0. The molecular formula is C23H21FN2O4S. The van der Waals surface area contributed by atoms with Crippen LogP contribution in [-0.2, 0) is 0 Å². The van der Waals surface area contributed by atoms with E-state index in [1.165, 1.54) is 17.4 Å². The van der Waals surface area contributed by atoms with Gasteiger partial charge in [0.25, 0.3) is 11.8 Å². The highest BCUT2D eigenvalue weighted by atomic mass is 32.1. The Kier molecular flexibility index (Phi) is 6.18. The molecule has 0 spiro atoms.